The van der Waals surface area contributed by atoms with Crippen LogP contribution in [-0.2, 0) is 26.2 Å². The van der Waals surface area contributed by atoms with Crippen molar-refractivity contribution in [3.05, 3.63) is 65.2 Å². The number of carbonyl (C=O) groups is 2. The smallest absolute Gasteiger partial charge is 0.335 e. The molecule has 0 fully saturated rings. The van der Waals surface area contributed by atoms with Crippen LogP contribution in [0.15, 0.2) is 48.5 Å². The standard InChI is InChI=1S/C18H19NO6S/c1-13-11-15(7-8-16(13)18(21)22)19-26(23,24)10-9-17(20)25-12-14-5-3-2-4-6-14/h2-8,11,19H,9-10,12H2,1H3,(H,21,22). The summed E-state index contributed by atoms with van der Waals surface area (Å²) in [6, 6.07) is 13.2. The first-order valence-electron chi connectivity index (χ1n) is 7.81. The first-order chi connectivity index (χ1) is 12.3. The van der Waals surface area contributed by atoms with E-state index in [1.54, 1.807) is 19.1 Å². The summed E-state index contributed by atoms with van der Waals surface area (Å²) in [4.78, 5) is 22.7. The Balaban J connectivity index is 1.87. The molecule has 7 nitrogen and oxygen atoms in total. The van der Waals surface area contributed by atoms with Gasteiger partial charge in [0, 0.05) is 5.69 Å². The van der Waals surface area contributed by atoms with Gasteiger partial charge in [-0.05, 0) is 36.2 Å². The van der Waals surface area contributed by atoms with E-state index in [1.165, 1.54) is 18.2 Å². The lowest BCUT2D eigenvalue weighted by Crippen LogP contribution is -2.20. The zero-order valence-electron chi connectivity index (χ0n) is 14.1. The van der Waals surface area contributed by atoms with Crippen molar-refractivity contribution in [1.29, 1.82) is 0 Å². The lowest BCUT2D eigenvalue weighted by Gasteiger charge is -2.10. The van der Waals surface area contributed by atoms with Crippen molar-refractivity contribution in [2.24, 2.45) is 0 Å². The third kappa shape index (κ3) is 5.89. The highest BCUT2D eigenvalue weighted by atomic mass is 32.2. The van der Waals surface area contributed by atoms with Gasteiger partial charge in [-0.2, -0.15) is 0 Å². The monoisotopic (exact) mass is 377 g/mol. The third-order valence-corrected chi connectivity index (χ3v) is 4.84. The minimum atomic E-state index is -3.76. The summed E-state index contributed by atoms with van der Waals surface area (Å²) in [6.07, 6.45) is -0.283. The second-order valence-corrected chi connectivity index (χ2v) is 7.49. The van der Waals surface area contributed by atoms with Crippen LogP contribution in [-0.4, -0.2) is 31.2 Å². The highest BCUT2D eigenvalue weighted by molar-refractivity contribution is 7.92. The molecule has 0 aliphatic heterocycles. The molecule has 0 atom stereocenters. The van der Waals surface area contributed by atoms with Crippen LogP contribution in [0.4, 0.5) is 5.69 Å². The molecular formula is C18H19NO6S. The van der Waals surface area contributed by atoms with Gasteiger partial charge in [0.05, 0.1) is 17.7 Å². The summed E-state index contributed by atoms with van der Waals surface area (Å²) < 4.78 is 31.5. The second-order valence-electron chi connectivity index (χ2n) is 5.65. The number of anilines is 1. The Morgan fingerprint density at radius 3 is 2.42 bits per heavy atom. The second kappa shape index (κ2) is 8.48. The number of aromatic carboxylic acids is 1. The lowest BCUT2D eigenvalue weighted by molar-refractivity contribution is -0.144. The number of carboxylic acids is 1. The minimum absolute atomic E-state index is 0.0863. The van der Waals surface area contributed by atoms with Crippen LogP contribution in [0.2, 0.25) is 0 Å². The van der Waals surface area contributed by atoms with Crippen molar-refractivity contribution in [2.45, 2.75) is 20.0 Å². The molecule has 2 aromatic rings. The molecule has 0 amide bonds. The van der Waals surface area contributed by atoms with Crippen LogP contribution < -0.4 is 4.72 Å². The number of aryl methyl sites for hydroxylation is 1. The van der Waals surface area contributed by atoms with Gasteiger partial charge in [-0.3, -0.25) is 9.52 Å². The Kier molecular flexibility index (Phi) is 6.35. The molecule has 0 unspecified atom stereocenters. The summed E-state index contributed by atoms with van der Waals surface area (Å²) in [7, 11) is -3.76. The van der Waals surface area contributed by atoms with E-state index in [0.29, 0.717) is 5.56 Å². The molecule has 0 spiro atoms. The summed E-state index contributed by atoms with van der Waals surface area (Å²) in [6.45, 7) is 1.66. The molecule has 0 aromatic heterocycles. The predicted molar refractivity (Wildman–Crippen MR) is 96.4 cm³/mol. The minimum Gasteiger partial charge on any atom is -0.478 e. The molecule has 0 saturated heterocycles. The van der Waals surface area contributed by atoms with E-state index in [-0.39, 0.29) is 24.3 Å². The predicted octanol–water partition coefficient (Wildman–Crippen LogP) is 2.57. The third-order valence-electron chi connectivity index (χ3n) is 3.55. The normalized spacial score (nSPS) is 11.0. The quantitative estimate of drug-likeness (QED) is 0.684. The fraction of sp³-hybridized carbons (Fsp3) is 0.222. The molecule has 0 saturated carbocycles. The maximum atomic E-state index is 12.1. The van der Waals surface area contributed by atoms with Crippen LogP contribution in [0, 0.1) is 6.92 Å². The van der Waals surface area contributed by atoms with Gasteiger partial charge < -0.3 is 9.84 Å². The van der Waals surface area contributed by atoms with Crippen LogP contribution >= 0.6 is 0 Å². The average Bonchev–Trinajstić information content (AvgIpc) is 2.58. The van der Waals surface area contributed by atoms with E-state index in [0.717, 1.165) is 5.56 Å². The molecule has 2 N–H and O–H groups in total. The fourth-order valence-electron chi connectivity index (χ4n) is 2.23. The SMILES string of the molecule is Cc1cc(NS(=O)(=O)CCC(=O)OCc2ccccc2)ccc1C(=O)O. The molecule has 0 aliphatic rings. The number of carbonyl (C=O) groups excluding carboxylic acids is 1. The molecule has 0 bridgehead atoms. The Bertz CT molecular complexity index is 893. The van der Waals surface area contributed by atoms with Gasteiger partial charge in [0.1, 0.15) is 6.61 Å². The Labute approximate surface area is 151 Å². The summed E-state index contributed by atoms with van der Waals surface area (Å²) in [5.41, 5.74) is 1.58. The van der Waals surface area contributed by atoms with Crippen LogP contribution in [0.25, 0.3) is 0 Å². The molecule has 2 aromatic carbocycles. The van der Waals surface area contributed by atoms with E-state index < -0.39 is 27.7 Å². The Morgan fingerprint density at radius 2 is 1.81 bits per heavy atom. The lowest BCUT2D eigenvalue weighted by atomic mass is 10.1. The maximum absolute atomic E-state index is 12.1. The molecule has 8 heteroatoms. The van der Waals surface area contributed by atoms with E-state index >= 15 is 0 Å². The van der Waals surface area contributed by atoms with Gasteiger partial charge in [-0.1, -0.05) is 30.3 Å². The zero-order chi connectivity index (χ0) is 19.2. The molecule has 2 rings (SSSR count). The number of rotatable bonds is 8. The van der Waals surface area contributed by atoms with Crippen LogP contribution in [0.5, 0.6) is 0 Å². The van der Waals surface area contributed by atoms with Crippen LogP contribution in [0.3, 0.4) is 0 Å². The van der Waals surface area contributed by atoms with Crippen LogP contribution in [0.1, 0.15) is 27.9 Å². The molecule has 0 aliphatic carbocycles. The Hall–Kier alpha value is -2.87. The molecule has 0 heterocycles. The van der Waals surface area contributed by atoms with Crippen molar-refractivity contribution in [3.8, 4) is 0 Å². The first-order valence-corrected chi connectivity index (χ1v) is 9.46. The number of nitrogens with one attached hydrogen (secondary N) is 1. The number of esters is 1. The number of ether oxygens (including phenoxy) is 1. The number of hydrogen-bond donors (Lipinski definition) is 2. The number of carboxylic acid groups (broad SMARTS) is 1. The van der Waals surface area contributed by atoms with Gasteiger partial charge in [-0.25, -0.2) is 13.2 Å². The van der Waals surface area contributed by atoms with Crippen molar-refractivity contribution in [2.75, 3.05) is 10.5 Å². The first kappa shape index (κ1) is 19.5. The summed E-state index contributed by atoms with van der Waals surface area (Å²) in [5.74, 6) is -2.13. The van der Waals surface area contributed by atoms with Gasteiger partial charge in [0.2, 0.25) is 10.0 Å². The van der Waals surface area contributed by atoms with Crippen molar-refractivity contribution >= 4 is 27.6 Å². The highest BCUT2D eigenvalue weighted by Gasteiger charge is 2.16. The molecule has 138 valence electrons. The van der Waals surface area contributed by atoms with Gasteiger partial charge >= 0.3 is 11.9 Å². The van der Waals surface area contributed by atoms with E-state index in [2.05, 4.69) is 4.72 Å². The summed E-state index contributed by atoms with van der Waals surface area (Å²) in [5, 5.41) is 8.98. The molecular weight excluding hydrogens is 358 g/mol. The topological polar surface area (TPSA) is 110 Å². The largest absolute Gasteiger partial charge is 0.478 e. The average molecular weight is 377 g/mol. The zero-order valence-corrected chi connectivity index (χ0v) is 15.0. The van der Waals surface area contributed by atoms with E-state index in [9.17, 15) is 18.0 Å². The van der Waals surface area contributed by atoms with Crippen molar-refractivity contribution < 1.29 is 27.9 Å². The van der Waals surface area contributed by atoms with Gasteiger partial charge in [0.25, 0.3) is 0 Å². The van der Waals surface area contributed by atoms with Gasteiger partial charge in [0.15, 0.2) is 0 Å². The molecule has 26 heavy (non-hydrogen) atoms. The summed E-state index contributed by atoms with van der Waals surface area (Å²) >= 11 is 0. The van der Waals surface area contributed by atoms with Crippen molar-refractivity contribution in [1.82, 2.24) is 0 Å². The number of benzene rings is 2. The van der Waals surface area contributed by atoms with Crippen molar-refractivity contribution in [3.63, 3.8) is 0 Å². The number of hydrogen-bond acceptors (Lipinski definition) is 5. The maximum Gasteiger partial charge on any atom is 0.335 e. The number of sulfonamides is 1. The Morgan fingerprint density at radius 1 is 1.12 bits per heavy atom. The fourth-order valence-corrected chi connectivity index (χ4v) is 3.25. The van der Waals surface area contributed by atoms with E-state index in [4.69, 9.17) is 9.84 Å². The highest BCUT2D eigenvalue weighted by Crippen LogP contribution is 2.17. The van der Waals surface area contributed by atoms with E-state index in [1.807, 2.05) is 18.2 Å². The van der Waals surface area contributed by atoms with Gasteiger partial charge in [-0.15, -0.1) is 0 Å². The molecule has 0 radical (unpaired) electrons.